The molecule has 1 aliphatic rings. The highest BCUT2D eigenvalue weighted by molar-refractivity contribution is 7.89. The van der Waals surface area contributed by atoms with E-state index in [4.69, 9.17) is 4.74 Å². The molecule has 10 heteroatoms. The van der Waals surface area contributed by atoms with Crippen molar-refractivity contribution in [2.75, 3.05) is 26.3 Å². The first-order valence-corrected chi connectivity index (χ1v) is 7.18. The zero-order valence-corrected chi connectivity index (χ0v) is 11.1. The van der Waals surface area contributed by atoms with Crippen LogP contribution in [0.1, 0.15) is 0 Å². The summed E-state index contributed by atoms with van der Waals surface area (Å²) in [4.78, 5) is 11.3. The zero-order valence-electron chi connectivity index (χ0n) is 10.3. The molecule has 1 aliphatic heterocycles. The normalized spacial score (nSPS) is 17.1. The van der Waals surface area contributed by atoms with Gasteiger partial charge in [0.25, 0.3) is 10.0 Å². The summed E-state index contributed by atoms with van der Waals surface area (Å²) in [5, 5.41) is 12.2. The molecule has 2 rings (SSSR count). The Hall–Kier alpha value is -1.62. The molecule has 0 radical (unpaired) electrons. The van der Waals surface area contributed by atoms with Crippen LogP contribution in [0.3, 0.4) is 0 Å². The summed E-state index contributed by atoms with van der Waals surface area (Å²) in [6.07, 6.45) is 0. The number of rotatable bonds is 4. The van der Waals surface area contributed by atoms with Crippen molar-refractivity contribution in [3.63, 3.8) is 0 Å². The molecule has 1 fully saturated rings. The number of para-hydroxylation sites is 1. The van der Waals surface area contributed by atoms with E-state index in [0.717, 1.165) is 18.2 Å². The minimum absolute atomic E-state index is 0.308. The molecule has 0 bridgehead atoms. The third kappa shape index (κ3) is 3.10. The lowest BCUT2D eigenvalue weighted by Gasteiger charge is -2.26. The predicted octanol–water partition coefficient (Wildman–Crippen LogP) is 0.259. The van der Waals surface area contributed by atoms with E-state index in [1.165, 1.54) is 5.01 Å². The van der Waals surface area contributed by atoms with Crippen molar-refractivity contribution >= 4 is 15.7 Å². The van der Waals surface area contributed by atoms with Gasteiger partial charge >= 0.3 is 5.69 Å². The van der Waals surface area contributed by atoms with Crippen LogP contribution in [0, 0.1) is 15.9 Å². The molecule has 1 saturated heterocycles. The highest BCUT2D eigenvalue weighted by Crippen LogP contribution is 2.26. The summed E-state index contributed by atoms with van der Waals surface area (Å²) in [5.41, 5.74) is -1.06. The maximum atomic E-state index is 13.4. The molecule has 1 aromatic rings. The van der Waals surface area contributed by atoms with Crippen molar-refractivity contribution in [1.29, 1.82) is 0 Å². The van der Waals surface area contributed by atoms with Crippen molar-refractivity contribution in [2.45, 2.75) is 4.90 Å². The highest BCUT2D eigenvalue weighted by Gasteiger charge is 2.31. The van der Waals surface area contributed by atoms with Crippen LogP contribution in [0.4, 0.5) is 10.1 Å². The van der Waals surface area contributed by atoms with E-state index in [0.29, 0.717) is 26.3 Å². The molecule has 0 unspecified atom stereocenters. The van der Waals surface area contributed by atoms with Crippen LogP contribution in [0.5, 0.6) is 0 Å². The van der Waals surface area contributed by atoms with Crippen molar-refractivity contribution in [1.82, 2.24) is 9.84 Å². The first kappa shape index (κ1) is 14.8. The van der Waals surface area contributed by atoms with Crippen LogP contribution in [0.2, 0.25) is 0 Å². The number of nitrogens with zero attached hydrogens (tertiary/aromatic N) is 2. The van der Waals surface area contributed by atoms with Gasteiger partial charge in [0.1, 0.15) is 0 Å². The van der Waals surface area contributed by atoms with E-state index >= 15 is 0 Å². The maximum absolute atomic E-state index is 13.4. The fourth-order valence-electron chi connectivity index (χ4n) is 1.76. The summed E-state index contributed by atoms with van der Waals surface area (Å²) < 4.78 is 42.7. The van der Waals surface area contributed by atoms with Gasteiger partial charge in [-0.25, -0.2) is 13.4 Å². The summed E-state index contributed by atoms with van der Waals surface area (Å²) in [6.45, 7) is 1.30. The minimum atomic E-state index is -4.22. The number of halogens is 1. The quantitative estimate of drug-likeness (QED) is 0.632. The van der Waals surface area contributed by atoms with E-state index in [1.807, 2.05) is 0 Å². The summed E-state index contributed by atoms with van der Waals surface area (Å²) in [5.74, 6) is -1.19. The van der Waals surface area contributed by atoms with Gasteiger partial charge in [-0.1, -0.05) is 6.07 Å². The van der Waals surface area contributed by atoms with E-state index in [2.05, 4.69) is 4.83 Å². The first-order valence-electron chi connectivity index (χ1n) is 5.70. The lowest BCUT2D eigenvalue weighted by molar-refractivity contribution is -0.390. The average Bonchev–Trinajstić information content (AvgIpc) is 2.38. The zero-order chi connectivity index (χ0) is 14.8. The molecule has 0 spiro atoms. The Kier molecular flexibility index (Phi) is 4.28. The summed E-state index contributed by atoms with van der Waals surface area (Å²) >= 11 is 0. The van der Waals surface area contributed by atoms with E-state index in [1.54, 1.807) is 0 Å². The van der Waals surface area contributed by atoms with Gasteiger partial charge in [0.15, 0.2) is 4.90 Å². The number of hydrogen-bond acceptors (Lipinski definition) is 6. The lowest BCUT2D eigenvalue weighted by atomic mass is 10.3. The van der Waals surface area contributed by atoms with Gasteiger partial charge in [-0.3, -0.25) is 10.1 Å². The van der Waals surface area contributed by atoms with E-state index < -0.39 is 31.3 Å². The second-order valence-electron chi connectivity index (χ2n) is 4.04. The third-order valence-electron chi connectivity index (χ3n) is 2.68. The third-order valence-corrected chi connectivity index (χ3v) is 4.09. The number of nitro groups is 1. The Labute approximate surface area is 114 Å². The molecule has 0 aliphatic carbocycles. The van der Waals surface area contributed by atoms with Crippen molar-refractivity contribution in [2.24, 2.45) is 0 Å². The van der Waals surface area contributed by atoms with E-state index in [-0.39, 0.29) is 0 Å². The van der Waals surface area contributed by atoms with Gasteiger partial charge in [0.2, 0.25) is 5.82 Å². The first-order chi connectivity index (χ1) is 9.42. The number of morpholine rings is 1. The van der Waals surface area contributed by atoms with Crippen LogP contribution in [-0.4, -0.2) is 44.7 Å². The Bertz CT molecular complexity index is 615. The molecule has 8 nitrogen and oxygen atoms in total. The molecule has 1 aromatic carbocycles. The smallest absolute Gasteiger partial charge is 0.324 e. The van der Waals surface area contributed by atoms with Gasteiger partial charge in [0, 0.05) is 13.1 Å². The second kappa shape index (κ2) is 5.79. The van der Waals surface area contributed by atoms with Crippen LogP contribution in [-0.2, 0) is 14.8 Å². The Balaban J connectivity index is 2.34. The van der Waals surface area contributed by atoms with Gasteiger partial charge in [-0.15, -0.1) is 4.83 Å². The number of hydrogen-bond donors (Lipinski definition) is 1. The Morgan fingerprint density at radius 2 is 2.00 bits per heavy atom. The monoisotopic (exact) mass is 305 g/mol. The number of sulfonamides is 1. The number of ether oxygens (including phenoxy) is 1. The number of benzene rings is 1. The SMILES string of the molecule is O=[N+]([O-])c1c(F)cccc1S(=O)(=O)NN1CCOCC1. The van der Waals surface area contributed by atoms with Crippen LogP contribution < -0.4 is 4.83 Å². The molecule has 1 N–H and O–H groups in total. The lowest BCUT2D eigenvalue weighted by Crippen LogP contribution is -2.48. The minimum Gasteiger partial charge on any atom is -0.379 e. The van der Waals surface area contributed by atoms with Crippen LogP contribution in [0.25, 0.3) is 0 Å². The predicted molar refractivity (Wildman–Crippen MR) is 65.8 cm³/mol. The molecule has 1 heterocycles. The molecule has 0 atom stereocenters. The fourth-order valence-corrected chi connectivity index (χ4v) is 3.07. The van der Waals surface area contributed by atoms with E-state index in [9.17, 15) is 22.9 Å². The van der Waals surface area contributed by atoms with Crippen molar-refractivity contribution in [3.05, 3.63) is 34.1 Å². The standard InChI is InChI=1S/C10H12FN3O5S/c11-8-2-1-3-9(10(8)14(15)16)20(17,18)12-13-4-6-19-7-5-13/h1-3,12H,4-7H2. The molecule has 0 aromatic heterocycles. The molecular formula is C10H12FN3O5S. The number of hydrazine groups is 1. The Morgan fingerprint density at radius 3 is 2.60 bits per heavy atom. The largest absolute Gasteiger partial charge is 0.379 e. The summed E-state index contributed by atoms with van der Waals surface area (Å²) in [6, 6.07) is 2.94. The van der Waals surface area contributed by atoms with Crippen LogP contribution >= 0.6 is 0 Å². The summed E-state index contributed by atoms with van der Waals surface area (Å²) in [7, 11) is -4.22. The molecule has 0 saturated carbocycles. The number of nitro benzene ring substituents is 1. The maximum Gasteiger partial charge on any atom is 0.324 e. The molecule has 0 amide bonds. The molecule has 20 heavy (non-hydrogen) atoms. The van der Waals surface area contributed by atoms with Crippen LogP contribution in [0.15, 0.2) is 23.1 Å². The average molecular weight is 305 g/mol. The Morgan fingerprint density at radius 1 is 1.35 bits per heavy atom. The topological polar surface area (TPSA) is 102 Å². The second-order valence-corrected chi connectivity index (χ2v) is 5.67. The highest BCUT2D eigenvalue weighted by atomic mass is 32.2. The van der Waals surface area contributed by atoms with Crippen molar-refractivity contribution < 1.29 is 22.5 Å². The molecular weight excluding hydrogens is 293 g/mol. The number of nitrogens with one attached hydrogen (secondary N) is 1. The fraction of sp³-hybridized carbons (Fsp3) is 0.400. The van der Waals surface area contributed by atoms with Gasteiger partial charge in [0.05, 0.1) is 18.1 Å². The van der Waals surface area contributed by atoms with Gasteiger partial charge in [-0.2, -0.15) is 4.39 Å². The van der Waals surface area contributed by atoms with Gasteiger partial charge in [-0.05, 0) is 12.1 Å². The van der Waals surface area contributed by atoms with Gasteiger partial charge < -0.3 is 4.74 Å². The molecule has 110 valence electrons. The van der Waals surface area contributed by atoms with Crippen molar-refractivity contribution in [3.8, 4) is 0 Å².